The van der Waals surface area contributed by atoms with Crippen LogP contribution in [-0.4, -0.2) is 32.5 Å². The van der Waals surface area contributed by atoms with E-state index in [-0.39, 0.29) is 0 Å². The van der Waals surface area contributed by atoms with Crippen LogP contribution in [-0.2, 0) is 4.43 Å². The zero-order chi connectivity index (χ0) is 11.7. The van der Waals surface area contributed by atoms with E-state index in [4.69, 9.17) is 10.3 Å². The third kappa shape index (κ3) is 3.28. The van der Waals surface area contributed by atoms with Gasteiger partial charge in [0, 0.05) is 12.6 Å². The number of rotatable bonds is 3. The minimum absolute atomic E-state index is 0.297. The molecule has 0 radical (unpaired) electrons. The summed E-state index contributed by atoms with van der Waals surface area (Å²) in [5, 5.41) is 2.23. The third-order valence-electron chi connectivity index (χ3n) is 3.87. The molecule has 3 nitrogen and oxygen atoms in total. The maximum absolute atomic E-state index is 6.17. The van der Waals surface area contributed by atoms with E-state index in [1.54, 1.807) is 0 Å². The van der Waals surface area contributed by atoms with Gasteiger partial charge in [-0.05, 0) is 31.0 Å². The number of hydrogen-bond acceptors (Lipinski definition) is 3. The van der Waals surface area contributed by atoms with Gasteiger partial charge in [-0.2, -0.15) is 0 Å². The van der Waals surface area contributed by atoms with Crippen molar-refractivity contribution in [1.82, 2.24) is 5.01 Å². The van der Waals surface area contributed by atoms with E-state index in [0.29, 0.717) is 11.1 Å². The first-order chi connectivity index (χ1) is 6.74. The van der Waals surface area contributed by atoms with Crippen LogP contribution in [0.4, 0.5) is 0 Å². The molecule has 15 heavy (non-hydrogen) atoms. The Labute approximate surface area is 95.1 Å². The molecule has 1 rings (SSSR count). The molecule has 0 aliphatic carbocycles. The van der Waals surface area contributed by atoms with Gasteiger partial charge in [0.25, 0.3) is 0 Å². The molecule has 0 aromatic heterocycles. The Morgan fingerprint density at radius 2 is 2.00 bits per heavy atom. The molecule has 1 aliphatic heterocycles. The van der Waals surface area contributed by atoms with E-state index in [1.807, 2.05) is 5.01 Å². The number of nitrogens with two attached hydrogens (primary N) is 1. The Morgan fingerprint density at radius 3 is 2.40 bits per heavy atom. The first-order valence-electron chi connectivity index (χ1n) is 5.89. The molecule has 4 heteroatoms. The highest BCUT2D eigenvalue weighted by molar-refractivity contribution is 6.74. The second-order valence-electron chi connectivity index (χ2n) is 6.11. The van der Waals surface area contributed by atoms with Crippen molar-refractivity contribution in [3.05, 3.63) is 0 Å². The lowest BCUT2D eigenvalue weighted by Crippen LogP contribution is -2.46. The van der Waals surface area contributed by atoms with Crippen LogP contribution in [0.3, 0.4) is 0 Å². The van der Waals surface area contributed by atoms with Crippen molar-refractivity contribution in [1.29, 1.82) is 0 Å². The van der Waals surface area contributed by atoms with Gasteiger partial charge in [-0.1, -0.05) is 20.8 Å². The van der Waals surface area contributed by atoms with Gasteiger partial charge in [0.15, 0.2) is 8.32 Å². The van der Waals surface area contributed by atoms with Crippen LogP contribution in [0.15, 0.2) is 0 Å². The van der Waals surface area contributed by atoms with E-state index in [9.17, 15) is 0 Å². The quantitative estimate of drug-likeness (QED) is 0.597. The lowest BCUT2D eigenvalue weighted by molar-refractivity contribution is 0.164. The Hall–Kier alpha value is 0.0969. The predicted octanol–water partition coefficient (Wildman–Crippen LogP) is 2.35. The van der Waals surface area contributed by atoms with E-state index in [0.717, 1.165) is 13.2 Å². The molecule has 0 aromatic rings. The minimum Gasteiger partial charge on any atom is -0.415 e. The number of hydrogen-bond donors (Lipinski definition) is 1. The standard InChI is InChI=1S/C11H26N2OSi/c1-11(2,3)15(4,5)14-9-10-7-6-8-13(10)12/h10H,6-9,12H2,1-5H3/t10-/m0/s1. The lowest BCUT2D eigenvalue weighted by atomic mass is 10.2. The average molecular weight is 230 g/mol. The summed E-state index contributed by atoms with van der Waals surface area (Å²) in [4.78, 5) is 0. The molecule has 0 saturated carbocycles. The lowest BCUT2D eigenvalue weighted by Gasteiger charge is -2.37. The molecule has 1 aliphatic rings. The average Bonchev–Trinajstić information content (AvgIpc) is 2.46. The summed E-state index contributed by atoms with van der Waals surface area (Å²) < 4.78 is 6.17. The summed E-state index contributed by atoms with van der Waals surface area (Å²) in [6.45, 7) is 13.2. The molecule has 1 fully saturated rings. The zero-order valence-electron chi connectivity index (χ0n) is 10.8. The molecular weight excluding hydrogens is 204 g/mol. The second kappa shape index (κ2) is 4.53. The Kier molecular flexibility index (Phi) is 3.98. The maximum Gasteiger partial charge on any atom is 0.192 e. The molecule has 1 heterocycles. The normalized spacial score (nSPS) is 24.8. The highest BCUT2D eigenvalue weighted by Gasteiger charge is 2.38. The van der Waals surface area contributed by atoms with Gasteiger partial charge in [-0.15, -0.1) is 0 Å². The molecule has 0 aromatic carbocycles. The maximum atomic E-state index is 6.17. The van der Waals surface area contributed by atoms with E-state index in [1.165, 1.54) is 12.8 Å². The van der Waals surface area contributed by atoms with Gasteiger partial charge in [0.2, 0.25) is 0 Å². The SMILES string of the molecule is CC(C)(C)[Si](C)(C)OC[C@@H]1CCCN1N. The van der Waals surface area contributed by atoms with Crippen LogP contribution in [0.25, 0.3) is 0 Å². The molecule has 1 saturated heterocycles. The molecule has 0 unspecified atom stereocenters. The van der Waals surface area contributed by atoms with Crippen LogP contribution in [0.1, 0.15) is 33.6 Å². The molecular formula is C11H26N2OSi. The van der Waals surface area contributed by atoms with Crippen molar-refractivity contribution >= 4 is 8.32 Å². The molecule has 90 valence electrons. The summed E-state index contributed by atoms with van der Waals surface area (Å²) in [5.41, 5.74) is 0. The van der Waals surface area contributed by atoms with Crippen molar-refractivity contribution in [3.63, 3.8) is 0 Å². The van der Waals surface area contributed by atoms with Crippen molar-refractivity contribution in [2.24, 2.45) is 5.84 Å². The van der Waals surface area contributed by atoms with Crippen molar-refractivity contribution in [3.8, 4) is 0 Å². The zero-order valence-corrected chi connectivity index (χ0v) is 11.8. The van der Waals surface area contributed by atoms with Crippen LogP contribution >= 0.6 is 0 Å². The summed E-state index contributed by atoms with van der Waals surface area (Å²) in [6, 6.07) is 0.444. The fourth-order valence-electron chi connectivity index (χ4n) is 1.56. The van der Waals surface area contributed by atoms with Gasteiger partial charge in [-0.25, -0.2) is 5.01 Å². The fourth-order valence-corrected chi connectivity index (χ4v) is 2.60. The second-order valence-corrected chi connectivity index (χ2v) is 10.9. The van der Waals surface area contributed by atoms with Crippen molar-refractivity contribution in [2.75, 3.05) is 13.2 Å². The Bertz CT molecular complexity index is 213. The van der Waals surface area contributed by atoms with E-state index in [2.05, 4.69) is 33.9 Å². The highest BCUT2D eigenvalue weighted by atomic mass is 28.4. The van der Waals surface area contributed by atoms with Crippen LogP contribution in [0, 0.1) is 0 Å². The van der Waals surface area contributed by atoms with E-state index < -0.39 is 8.32 Å². The first kappa shape index (κ1) is 13.2. The molecule has 2 N–H and O–H groups in total. The number of hydrazine groups is 1. The van der Waals surface area contributed by atoms with Crippen LogP contribution < -0.4 is 5.84 Å². The largest absolute Gasteiger partial charge is 0.415 e. The highest BCUT2D eigenvalue weighted by Crippen LogP contribution is 2.36. The van der Waals surface area contributed by atoms with Gasteiger partial charge >= 0.3 is 0 Å². The topological polar surface area (TPSA) is 38.5 Å². The molecule has 1 atom stereocenters. The minimum atomic E-state index is -1.58. The van der Waals surface area contributed by atoms with Gasteiger partial charge in [0.1, 0.15) is 0 Å². The van der Waals surface area contributed by atoms with Crippen molar-refractivity contribution in [2.45, 2.75) is 57.8 Å². The summed E-state index contributed by atoms with van der Waals surface area (Å²) >= 11 is 0. The third-order valence-corrected chi connectivity index (χ3v) is 8.37. The van der Waals surface area contributed by atoms with Gasteiger partial charge in [-0.3, -0.25) is 5.84 Å². The van der Waals surface area contributed by atoms with Gasteiger partial charge < -0.3 is 4.43 Å². The fraction of sp³-hybridized carbons (Fsp3) is 1.00. The summed E-state index contributed by atoms with van der Waals surface area (Å²) in [6.07, 6.45) is 2.40. The first-order valence-corrected chi connectivity index (χ1v) is 8.80. The summed E-state index contributed by atoms with van der Waals surface area (Å²) in [5.74, 6) is 5.89. The number of nitrogens with zero attached hydrogens (tertiary/aromatic N) is 1. The van der Waals surface area contributed by atoms with Crippen molar-refractivity contribution < 1.29 is 4.43 Å². The Balaban J connectivity index is 2.42. The molecule has 0 spiro atoms. The Morgan fingerprint density at radius 1 is 1.40 bits per heavy atom. The smallest absolute Gasteiger partial charge is 0.192 e. The van der Waals surface area contributed by atoms with Crippen LogP contribution in [0.2, 0.25) is 18.1 Å². The van der Waals surface area contributed by atoms with Gasteiger partial charge in [0.05, 0.1) is 6.61 Å². The summed E-state index contributed by atoms with van der Waals surface area (Å²) in [7, 11) is -1.58. The molecule has 0 bridgehead atoms. The van der Waals surface area contributed by atoms with E-state index >= 15 is 0 Å². The van der Waals surface area contributed by atoms with Crippen LogP contribution in [0.5, 0.6) is 0 Å². The predicted molar refractivity (Wildman–Crippen MR) is 67.1 cm³/mol. The molecule has 0 amide bonds. The monoisotopic (exact) mass is 230 g/mol.